The van der Waals surface area contributed by atoms with E-state index >= 15 is 0 Å². The normalized spacial score (nSPS) is 10.2. The van der Waals surface area contributed by atoms with Gasteiger partial charge in [0.25, 0.3) is 0 Å². The highest BCUT2D eigenvalue weighted by molar-refractivity contribution is 5.66. The Bertz CT molecular complexity index is 610. The van der Waals surface area contributed by atoms with E-state index in [-0.39, 0.29) is 0 Å². The van der Waals surface area contributed by atoms with Crippen LogP contribution in [-0.4, -0.2) is 31.5 Å². The van der Waals surface area contributed by atoms with Crippen LogP contribution in [0.15, 0.2) is 48.5 Å². The molecule has 1 amide bonds. The molecular formula is C17H19NO4. The zero-order valence-corrected chi connectivity index (χ0v) is 12.4. The van der Waals surface area contributed by atoms with E-state index < -0.39 is 6.09 Å². The lowest BCUT2D eigenvalue weighted by Crippen LogP contribution is -2.19. The second-order valence-corrected chi connectivity index (χ2v) is 4.72. The number of hydrogen-bond acceptors (Lipinski definition) is 3. The molecule has 5 heteroatoms. The summed E-state index contributed by atoms with van der Waals surface area (Å²) in [4.78, 5) is 10.5. The summed E-state index contributed by atoms with van der Waals surface area (Å²) in [6, 6.07) is 15.6. The van der Waals surface area contributed by atoms with E-state index in [1.165, 1.54) is 0 Å². The summed E-state index contributed by atoms with van der Waals surface area (Å²) in [5.41, 5.74) is 3.02. The monoisotopic (exact) mass is 301 g/mol. The summed E-state index contributed by atoms with van der Waals surface area (Å²) >= 11 is 0. The van der Waals surface area contributed by atoms with Crippen molar-refractivity contribution < 1.29 is 19.4 Å². The van der Waals surface area contributed by atoms with Crippen LogP contribution in [0.1, 0.15) is 5.56 Å². The van der Waals surface area contributed by atoms with Gasteiger partial charge in [-0.3, -0.25) is 0 Å². The molecule has 2 rings (SSSR count). The fourth-order valence-electron chi connectivity index (χ4n) is 2.00. The predicted octanol–water partition coefficient (Wildman–Crippen LogP) is 3.15. The lowest BCUT2D eigenvalue weighted by Gasteiger charge is -2.08. The van der Waals surface area contributed by atoms with Crippen molar-refractivity contribution in [2.24, 2.45) is 0 Å². The van der Waals surface area contributed by atoms with E-state index in [1.807, 2.05) is 48.5 Å². The van der Waals surface area contributed by atoms with Gasteiger partial charge in [-0.25, -0.2) is 4.79 Å². The van der Waals surface area contributed by atoms with Crippen LogP contribution < -0.4 is 10.1 Å². The van der Waals surface area contributed by atoms with Gasteiger partial charge in [0.1, 0.15) is 12.4 Å². The Morgan fingerprint density at radius 3 is 2.55 bits per heavy atom. The molecule has 22 heavy (non-hydrogen) atoms. The van der Waals surface area contributed by atoms with Crippen LogP contribution in [0, 0.1) is 0 Å². The smallest absolute Gasteiger partial charge is 0.404 e. The second-order valence-electron chi connectivity index (χ2n) is 4.72. The molecule has 2 N–H and O–H groups in total. The number of benzene rings is 2. The minimum Gasteiger partial charge on any atom is -0.491 e. The average molecular weight is 301 g/mol. The third-order valence-corrected chi connectivity index (χ3v) is 3.12. The summed E-state index contributed by atoms with van der Waals surface area (Å²) in [5, 5.41) is 10.9. The molecule has 2 aromatic carbocycles. The number of rotatable bonds is 7. The number of nitrogens with one attached hydrogen (secondary N) is 1. The van der Waals surface area contributed by atoms with E-state index in [0.29, 0.717) is 19.8 Å². The predicted molar refractivity (Wildman–Crippen MR) is 84.1 cm³/mol. The minimum atomic E-state index is -1.02. The van der Waals surface area contributed by atoms with Gasteiger partial charge in [-0.05, 0) is 28.8 Å². The van der Waals surface area contributed by atoms with Gasteiger partial charge in [-0.1, -0.05) is 36.4 Å². The second kappa shape index (κ2) is 8.05. The fraction of sp³-hybridized carbons (Fsp3) is 0.235. The lowest BCUT2D eigenvalue weighted by atomic mass is 10.0. The number of carbonyl (C=O) groups is 1. The molecule has 0 atom stereocenters. The van der Waals surface area contributed by atoms with Crippen molar-refractivity contribution in [2.45, 2.75) is 6.54 Å². The van der Waals surface area contributed by atoms with E-state index in [1.54, 1.807) is 7.11 Å². The summed E-state index contributed by atoms with van der Waals surface area (Å²) < 4.78 is 10.6. The Morgan fingerprint density at radius 1 is 1.09 bits per heavy atom. The van der Waals surface area contributed by atoms with E-state index in [0.717, 1.165) is 22.4 Å². The standard InChI is InChI=1S/C17H19NO4/c1-21-9-10-22-16-4-2-3-15(11-16)14-7-5-13(6-8-14)12-18-17(19)20/h2-8,11,18H,9-10,12H2,1H3,(H,19,20). The molecule has 0 aliphatic carbocycles. The first-order chi connectivity index (χ1) is 10.7. The maximum absolute atomic E-state index is 10.5. The topological polar surface area (TPSA) is 67.8 Å². The molecule has 0 bridgehead atoms. The molecular weight excluding hydrogens is 282 g/mol. The largest absolute Gasteiger partial charge is 0.491 e. The zero-order valence-electron chi connectivity index (χ0n) is 12.4. The van der Waals surface area contributed by atoms with Crippen molar-refractivity contribution >= 4 is 6.09 Å². The maximum atomic E-state index is 10.5. The van der Waals surface area contributed by atoms with Gasteiger partial charge in [-0.15, -0.1) is 0 Å². The zero-order chi connectivity index (χ0) is 15.8. The highest BCUT2D eigenvalue weighted by atomic mass is 16.5. The van der Waals surface area contributed by atoms with Gasteiger partial charge in [0, 0.05) is 13.7 Å². The molecule has 116 valence electrons. The van der Waals surface area contributed by atoms with Crippen LogP contribution in [0.3, 0.4) is 0 Å². The number of hydrogen-bond donors (Lipinski definition) is 2. The van der Waals surface area contributed by atoms with Crippen LogP contribution in [0.25, 0.3) is 11.1 Å². The maximum Gasteiger partial charge on any atom is 0.404 e. The summed E-state index contributed by atoms with van der Waals surface area (Å²) in [6.07, 6.45) is -1.02. The van der Waals surface area contributed by atoms with Crippen molar-refractivity contribution in [3.8, 4) is 16.9 Å². The quantitative estimate of drug-likeness (QED) is 0.771. The van der Waals surface area contributed by atoms with Gasteiger partial charge in [0.05, 0.1) is 6.61 Å². The van der Waals surface area contributed by atoms with E-state index in [4.69, 9.17) is 14.6 Å². The van der Waals surface area contributed by atoms with Gasteiger partial charge in [-0.2, -0.15) is 0 Å². The average Bonchev–Trinajstić information content (AvgIpc) is 2.54. The highest BCUT2D eigenvalue weighted by Crippen LogP contribution is 2.24. The molecule has 0 fully saturated rings. The van der Waals surface area contributed by atoms with Gasteiger partial charge in [0.2, 0.25) is 0 Å². The third kappa shape index (κ3) is 4.79. The van der Waals surface area contributed by atoms with Crippen LogP contribution in [-0.2, 0) is 11.3 Å². The summed E-state index contributed by atoms with van der Waals surface area (Å²) in [5.74, 6) is 0.797. The Balaban J connectivity index is 2.04. The van der Waals surface area contributed by atoms with Crippen LogP contribution >= 0.6 is 0 Å². The summed E-state index contributed by atoms with van der Waals surface area (Å²) in [7, 11) is 1.64. The molecule has 0 aliphatic rings. The van der Waals surface area contributed by atoms with E-state index in [9.17, 15) is 4.79 Å². The first-order valence-corrected chi connectivity index (χ1v) is 6.97. The third-order valence-electron chi connectivity index (χ3n) is 3.12. The molecule has 0 radical (unpaired) electrons. The SMILES string of the molecule is COCCOc1cccc(-c2ccc(CNC(=O)O)cc2)c1. The molecule has 2 aromatic rings. The lowest BCUT2D eigenvalue weighted by molar-refractivity contribution is 0.146. The van der Waals surface area contributed by atoms with Crippen LogP contribution in [0.4, 0.5) is 4.79 Å². The molecule has 0 saturated carbocycles. The molecule has 0 unspecified atom stereocenters. The first kappa shape index (κ1) is 15.9. The Hall–Kier alpha value is -2.53. The molecule has 0 aromatic heterocycles. The molecule has 0 aliphatic heterocycles. The van der Waals surface area contributed by atoms with Crippen LogP contribution in [0.2, 0.25) is 0 Å². The molecule has 0 saturated heterocycles. The van der Waals surface area contributed by atoms with E-state index in [2.05, 4.69) is 5.32 Å². The van der Waals surface area contributed by atoms with Crippen molar-refractivity contribution in [3.05, 3.63) is 54.1 Å². The number of carboxylic acid groups (broad SMARTS) is 1. The van der Waals surface area contributed by atoms with Crippen LogP contribution in [0.5, 0.6) is 5.75 Å². The van der Waals surface area contributed by atoms with Gasteiger partial charge in [0.15, 0.2) is 0 Å². The highest BCUT2D eigenvalue weighted by Gasteiger charge is 2.02. The van der Waals surface area contributed by atoms with Crippen molar-refractivity contribution in [1.29, 1.82) is 0 Å². The fourth-order valence-corrected chi connectivity index (χ4v) is 2.00. The minimum absolute atomic E-state index is 0.301. The molecule has 0 spiro atoms. The summed E-state index contributed by atoms with van der Waals surface area (Å²) in [6.45, 7) is 1.37. The van der Waals surface area contributed by atoms with Crippen molar-refractivity contribution in [2.75, 3.05) is 20.3 Å². The Labute approximate surface area is 129 Å². The Morgan fingerprint density at radius 2 is 1.86 bits per heavy atom. The Kier molecular flexibility index (Phi) is 5.80. The first-order valence-electron chi connectivity index (χ1n) is 6.97. The van der Waals surface area contributed by atoms with Gasteiger partial charge >= 0.3 is 6.09 Å². The molecule has 0 heterocycles. The number of amides is 1. The number of ether oxygens (including phenoxy) is 2. The van der Waals surface area contributed by atoms with Crippen molar-refractivity contribution in [1.82, 2.24) is 5.32 Å². The molecule has 5 nitrogen and oxygen atoms in total. The number of methoxy groups -OCH3 is 1. The van der Waals surface area contributed by atoms with Gasteiger partial charge < -0.3 is 19.9 Å². The van der Waals surface area contributed by atoms with Crippen molar-refractivity contribution in [3.63, 3.8) is 0 Å².